The van der Waals surface area contributed by atoms with E-state index in [0.717, 1.165) is 37.5 Å². The van der Waals surface area contributed by atoms with E-state index in [1.165, 1.54) is 57.8 Å². The van der Waals surface area contributed by atoms with Crippen molar-refractivity contribution >= 4 is 5.97 Å². The van der Waals surface area contributed by atoms with Crippen molar-refractivity contribution in [1.82, 2.24) is 0 Å². The molecule has 1 aliphatic carbocycles. The molecule has 0 aromatic heterocycles. The zero-order valence-electron chi connectivity index (χ0n) is 15.7. The van der Waals surface area contributed by atoms with Gasteiger partial charge < -0.3 is 20.4 Å². The van der Waals surface area contributed by atoms with E-state index < -0.39 is 11.9 Å². The van der Waals surface area contributed by atoms with Gasteiger partial charge in [0.05, 0.1) is 0 Å². The molecule has 2 atom stereocenters. The summed E-state index contributed by atoms with van der Waals surface area (Å²) in [6, 6.07) is 0. The summed E-state index contributed by atoms with van der Waals surface area (Å²) in [6.07, 6.45) is 16.4. The Morgan fingerprint density at radius 3 is 1.76 bits per heavy atom. The Kier molecular flexibility index (Phi) is 11.3. The summed E-state index contributed by atoms with van der Waals surface area (Å²) >= 11 is 0. The Morgan fingerprint density at radius 2 is 1.24 bits per heavy atom. The van der Waals surface area contributed by atoms with Crippen LogP contribution in [0.15, 0.2) is 0 Å². The highest BCUT2D eigenvalue weighted by molar-refractivity contribution is 5.66. The van der Waals surface area contributed by atoms with E-state index in [1.807, 2.05) is 0 Å². The zero-order valence-corrected chi connectivity index (χ0v) is 15.7. The van der Waals surface area contributed by atoms with E-state index in [9.17, 15) is 4.79 Å². The molecule has 5 heteroatoms. The van der Waals surface area contributed by atoms with Gasteiger partial charge in [-0.3, -0.25) is 4.79 Å². The van der Waals surface area contributed by atoms with Crippen LogP contribution in [-0.2, 0) is 4.79 Å². The van der Waals surface area contributed by atoms with Gasteiger partial charge >= 0.3 is 5.97 Å². The number of aliphatic hydroxyl groups is 3. The molecule has 0 aromatic rings. The molecule has 0 radical (unpaired) electrons. The van der Waals surface area contributed by atoms with Gasteiger partial charge in [0.25, 0.3) is 5.97 Å². The number of carboxylic acid groups (broad SMARTS) is 1. The first kappa shape index (κ1) is 22.4. The maximum atomic E-state index is 10.5. The Bertz CT molecular complexity index is 350. The average molecular weight is 359 g/mol. The predicted molar refractivity (Wildman–Crippen MR) is 97.9 cm³/mol. The number of rotatable bonds is 15. The Hall–Kier alpha value is -0.650. The smallest absolute Gasteiger partial charge is 0.303 e. The van der Waals surface area contributed by atoms with Crippen LogP contribution in [0.25, 0.3) is 0 Å². The van der Waals surface area contributed by atoms with Crippen LogP contribution in [0.2, 0.25) is 0 Å². The second-order valence-electron chi connectivity index (χ2n) is 7.88. The molecule has 0 bridgehead atoms. The molecule has 1 fully saturated rings. The number of aliphatic carboxylic acids is 1. The molecule has 1 saturated carbocycles. The fraction of sp³-hybridized carbons (Fsp3) is 0.950. The first-order valence-electron chi connectivity index (χ1n) is 10.3. The monoisotopic (exact) mass is 358 g/mol. The van der Waals surface area contributed by atoms with Crippen LogP contribution in [-0.4, -0.2) is 32.4 Å². The molecule has 0 spiro atoms. The third-order valence-corrected chi connectivity index (χ3v) is 5.62. The second kappa shape index (κ2) is 12.7. The fourth-order valence-electron chi connectivity index (χ4n) is 4.21. The van der Waals surface area contributed by atoms with Crippen LogP contribution in [0.4, 0.5) is 0 Å². The minimum Gasteiger partial charge on any atom is -0.481 e. The molecule has 148 valence electrons. The molecule has 0 unspecified atom stereocenters. The van der Waals surface area contributed by atoms with Crippen LogP contribution < -0.4 is 0 Å². The quantitative estimate of drug-likeness (QED) is 0.260. The van der Waals surface area contributed by atoms with Gasteiger partial charge in [-0.1, -0.05) is 77.0 Å². The fourth-order valence-corrected chi connectivity index (χ4v) is 4.21. The molecule has 0 saturated heterocycles. The molecule has 4 N–H and O–H groups in total. The van der Waals surface area contributed by atoms with Gasteiger partial charge in [0.2, 0.25) is 0 Å². The van der Waals surface area contributed by atoms with Crippen LogP contribution in [0.1, 0.15) is 103 Å². The van der Waals surface area contributed by atoms with Gasteiger partial charge in [-0.25, -0.2) is 0 Å². The topological polar surface area (TPSA) is 98.0 Å². The van der Waals surface area contributed by atoms with Crippen molar-refractivity contribution in [3.8, 4) is 0 Å². The normalized spacial score (nSPS) is 20.9. The lowest BCUT2D eigenvalue weighted by Crippen LogP contribution is -2.26. The van der Waals surface area contributed by atoms with Gasteiger partial charge in [0, 0.05) is 12.8 Å². The lowest BCUT2D eigenvalue weighted by Gasteiger charge is -2.19. The average Bonchev–Trinajstić information content (AvgIpc) is 2.96. The van der Waals surface area contributed by atoms with Crippen molar-refractivity contribution in [2.75, 3.05) is 0 Å². The summed E-state index contributed by atoms with van der Waals surface area (Å²) < 4.78 is 0. The number of hydrogen-bond donors (Lipinski definition) is 4. The third-order valence-electron chi connectivity index (χ3n) is 5.62. The predicted octanol–water partition coefficient (Wildman–Crippen LogP) is 4.19. The molecule has 0 aromatic carbocycles. The third kappa shape index (κ3) is 12.4. The van der Waals surface area contributed by atoms with E-state index in [0.29, 0.717) is 12.8 Å². The Morgan fingerprint density at radius 1 is 0.760 bits per heavy atom. The van der Waals surface area contributed by atoms with Crippen LogP contribution in [0.5, 0.6) is 0 Å². The maximum absolute atomic E-state index is 10.5. The van der Waals surface area contributed by atoms with Crippen molar-refractivity contribution in [3.63, 3.8) is 0 Å². The summed E-state index contributed by atoms with van der Waals surface area (Å²) in [5, 5.41) is 35.1. The second-order valence-corrected chi connectivity index (χ2v) is 7.88. The maximum Gasteiger partial charge on any atom is 0.303 e. The van der Waals surface area contributed by atoms with E-state index in [2.05, 4.69) is 0 Å². The van der Waals surface area contributed by atoms with Crippen LogP contribution >= 0.6 is 0 Å². The summed E-state index contributed by atoms with van der Waals surface area (Å²) in [5.41, 5.74) is 0. The van der Waals surface area contributed by atoms with Crippen LogP contribution in [0.3, 0.4) is 0 Å². The zero-order chi connectivity index (χ0) is 18.5. The summed E-state index contributed by atoms with van der Waals surface area (Å²) in [6.45, 7) is 0. The molecular weight excluding hydrogens is 320 g/mol. The van der Waals surface area contributed by atoms with Gasteiger partial charge in [-0.2, -0.15) is 0 Å². The highest BCUT2D eigenvalue weighted by Gasteiger charge is 2.26. The summed E-state index contributed by atoms with van der Waals surface area (Å²) in [7, 11) is 0. The molecule has 1 aliphatic rings. The largest absolute Gasteiger partial charge is 0.481 e. The minimum atomic E-state index is -2.50. The first-order chi connectivity index (χ1) is 11.9. The van der Waals surface area contributed by atoms with Crippen molar-refractivity contribution in [2.24, 2.45) is 11.8 Å². The van der Waals surface area contributed by atoms with E-state index in [1.54, 1.807) is 0 Å². The van der Waals surface area contributed by atoms with Gasteiger partial charge in [0.15, 0.2) is 0 Å². The van der Waals surface area contributed by atoms with Gasteiger partial charge in [-0.05, 0) is 24.7 Å². The molecule has 0 heterocycles. The van der Waals surface area contributed by atoms with Crippen molar-refractivity contribution in [3.05, 3.63) is 0 Å². The lowest BCUT2D eigenvalue weighted by atomic mass is 9.86. The first-order valence-corrected chi connectivity index (χ1v) is 10.3. The highest BCUT2D eigenvalue weighted by Crippen LogP contribution is 2.38. The number of unbranched alkanes of at least 4 members (excludes halogenated alkanes) is 7. The number of hydrogen-bond acceptors (Lipinski definition) is 4. The Labute approximate surface area is 152 Å². The molecule has 0 amide bonds. The van der Waals surface area contributed by atoms with Crippen LogP contribution in [0, 0.1) is 11.8 Å². The van der Waals surface area contributed by atoms with E-state index in [4.69, 9.17) is 20.4 Å². The molecule has 5 nitrogen and oxygen atoms in total. The molecule has 25 heavy (non-hydrogen) atoms. The number of carboxylic acids is 1. The standard InChI is InChI=1S/C20H38O5/c21-19(22)15-8-4-3-7-12-18-14-10-13-17(18)11-6-2-1-5-9-16-20(23,24)25/h17-18,23-25H,1-16H2,(H,21,22)/t17-,18-/m0/s1. The van der Waals surface area contributed by atoms with Crippen molar-refractivity contribution < 1.29 is 25.2 Å². The number of carbonyl (C=O) groups is 1. The molecule has 0 aliphatic heterocycles. The van der Waals surface area contributed by atoms with Crippen molar-refractivity contribution in [1.29, 1.82) is 0 Å². The Balaban J connectivity index is 1.99. The van der Waals surface area contributed by atoms with Crippen molar-refractivity contribution in [2.45, 2.75) is 109 Å². The lowest BCUT2D eigenvalue weighted by molar-refractivity contribution is -0.315. The van der Waals surface area contributed by atoms with Gasteiger partial charge in [-0.15, -0.1) is 0 Å². The minimum absolute atomic E-state index is 0.0319. The van der Waals surface area contributed by atoms with Gasteiger partial charge in [0.1, 0.15) is 0 Å². The van der Waals surface area contributed by atoms with E-state index >= 15 is 0 Å². The SMILES string of the molecule is O=C(O)CCCCCC[C@H]1CCC[C@@H]1CCCCCCCC(O)(O)O. The molecule has 1 rings (SSSR count). The summed E-state index contributed by atoms with van der Waals surface area (Å²) in [5.74, 6) is -1.43. The highest BCUT2D eigenvalue weighted by atomic mass is 16.7. The molecular formula is C20H38O5. The summed E-state index contributed by atoms with van der Waals surface area (Å²) in [4.78, 5) is 10.5. The van der Waals surface area contributed by atoms with E-state index in [-0.39, 0.29) is 6.42 Å².